The molecule has 0 fully saturated rings. The van der Waals surface area contributed by atoms with Gasteiger partial charge >= 0.3 is 0 Å². The van der Waals surface area contributed by atoms with Crippen LogP contribution in [-0.4, -0.2) is 22.9 Å². The maximum Gasteiger partial charge on any atom is 0.180 e. The second-order valence-corrected chi connectivity index (χ2v) is 6.16. The van der Waals surface area contributed by atoms with Crippen LogP contribution in [0.5, 0.6) is 0 Å². The van der Waals surface area contributed by atoms with Gasteiger partial charge < -0.3 is 15.9 Å². The summed E-state index contributed by atoms with van der Waals surface area (Å²) in [6.45, 7) is 2.02. The molecule has 0 spiro atoms. The summed E-state index contributed by atoms with van der Waals surface area (Å²) in [5.41, 5.74) is 7.83. The summed E-state index contributed by atoms with van der Waals surface area (Å²) in [4.78, 5) is 15.5. The van der Waals surface area contributed by atoms with Crippen molar-refractivity contribution in [1.29, 1.82) is 0 Å². The van der Waals surface area contributed by atoms with Crippen LogP contribution in [0.2, 0.25) is 0 Å². The van der Waals surface area contributed by atoms with Crippen LogP contribution in [0.3, 0.4) is 0 Å². The topological polar surface area (TPSA) is 85.4 Å². The normalized spacial score (nSPS) is 11.3. The van der Waals surface area contributed by atoms with E-state index >= 15 is 0 Å². The minimum Gasteiger partial charge on any atom is -0.397 e. The summed E-state index contributed by atoms with van der Waals surface area (Å²) in [5, 5.41) is 6.97. The average Bonchev–Trinajstić information content (AvgIpc) is 3.05. The first kappa shape index (κ1) is 15.9. The number of nitrogens with one attached hydrogen (secondary N) is 1. The lowest BCUT2D eigenvalue weighted by molar-refractivity contribution is 0.213. The van der Waals surface area contributed by atoms with Gasteiger partial charge in [-0.3, -0.25) is 0 Å². The number of aryl methyl sites for hydroxylation is 1. The fourth-order valence-electron chi connectivity index (χ4n) is 2.13. The highest BCUT2D eigenvalue weighted by atomic mass is 32.1. The Bertz CT molecular complexity index is 875. The van der Waals surface area contributed by atoms with Crippen LogP contribution in [0.4, 0.5) is 11.6 Å². The second-order valence-electron chi connectivity index (χ2n) is 5.07. The third-order valence-electron chi connectivity index (χ3n) is 3.22. The summed E-state index contributed by atoms with van der Waals surface area (Å²) in [5.74, 6) is 1.86. The molecule has 7 heteroatoms. The first-order valence-corrected chi connectivity index (χ1v) is 8.11. The summed E-state index contributed by atoms with van der Waals surface area (Å²) >= 11 is 1.51. The van der Waals surface area contributed by atoms with Gasteiger partial charge in [0, 0.05) is 6.20 Å². The number of nitrogens with two attached hydrogens (primary N) is 1. The summed E-state index contributed by atoms with van der Waals surface area (Å²) in [6.07, 6.45) is 1.77. The van der Waals surface area contributed by atoms with Gasteiger partial charge in [-0.15, -0.1) is 11.3 Å². The largest absolute Gasteiger partial charge is 0.397 e. The van der Waals surface area contributed by atoms with E-state index in [2.05, 4.69) is 20.4 Å². The van der Waals surface area contributed by atoms with Crippen molar-refractivity contribution < 1.29 is 4.84 Å². The van der Waals surface area contributed by atoms with E-state index in [9.17, 15) is 0 Å². The number of thiophene rings is 1. The Kier molecular flexibility index (Phi) is 4.72. The van der Waals surface area contributed by atoms with Crippen molar-refractivity contribution in [3.8, 4) is 10.6 Å². The second kappa shape index (κ2) is 7.10. The molecule has 0 atom stereocenters. The number of rotatable bonds is 5. The molecule has 0 bridgehead atoms. The van der Waals surface area contributed by atoms with E-state index in [4.69, 9.17) is 10.6 Å². The third kappa shape index (κ3) is 3.69. The molecule has 24 heavy (non-hydrogen) atoms. The molecule has 122 valence electrons. The van der Waals surface area contributed by atoms with Gasteiger partial charge in [-0.1, -0.05) is 11.2 Å². The average molecular weight is 339 g/mol. The Morgan fingerprint density at radius 3 is 2.88 bits per heavy atom. The third-order valence-corrected chi connectivity index (χ3v) is 4.35. The molecule has 3 heterocycles. The highest BCUT2D eigenvalue weighted by Crippen LogP contribution is 2.28. The Balaban J connectivity index is 1.84. The molecule has 0 aliphatic rings. The summed E-state index contributed by atoms with van der Waals surface area (Å²) < 4.78 is 0. The molecule has 0 unspecified atom stereocenters. The lowest BCUT2D eigenvalue weighted by atomic mass is 10.3. The number of nitrogens with zero attached hydrogens (tertiary/aromatic N) is 3. The molecule has 3 N–H and O–H groups in total. The molecular formula is C17H17N5OS. The van der Waals surface area contributed by atoms with E-state index < -0.39 is 0 Å². The summed E-state index contributed by atoms with van der Waals surface area (Å²) in [6, 6.07) is 13.6. The zero-order chi connectivity index (χ0) is 16.9. The number of aromatic nitrogens is 2. The van der Waals surface area contributed by atoms with Crippen molar-refractivity contribution >= 4 is 28.8 Å². The Labute approximate surface area is 144 Å². The van der Waals surface area contributed by atoms with Crippen molar-refractivity contribution in [1.82, 2.24) is 9.97 Å². The van der Waals surface area contributed by atoms with Gasteiger partial charge in [-0.05, 0) is 48.9 Å². The predicted molar refractivity (Wildman–Crippen MR) is 97.5 cm³/mol. The van der Waals surface area contributed by atoms with Crippen LogP contribution in [0.15, 0.2) is 53.8 Å². The number of anilines is 2. The minimum atomic E-state index is 0.354. The Hall–Kier alpha value is -2.93. The van der Waals surface area contributed by atoms with Crippen LogP contribution in [0, 0.1) is 6.92 Å². The van der Waals surface area contributed by atoms with Gasteiger partial charge in [-0.2, -0.15) is 0 Å². The van der Waals surface area contributed by atoms with Gasteiger partial charge in [0.1, 0.15) is 18.7 Å². The molecule has 0 amide bonds. The highest BCUT2D eigenvalue weighted by Gasteiger charge is 2.08. The van der Waals surface area contributed by atoms with Crippen molar-refractivity contribution in [2.45, 2.75) is 6.92 Å². The number of hydrogen-bond donors (Lipinski definition) is 2. The quantitative estimate of drug-likeness (QED) is 0.422. The number of amidine groups is 1. The first-order chi connectivity index (χ1) is 11.7. The van der Waals surface area contributed by atoms with Crippen LogP contribution in [0.1, 0.15) is 10.4 Å². The molecule has 0 saturated carbocycles. The van der Waals surface area contributed by atoms with E-state index in [0.29, 0.717) is 5.84 Å². The highest BCUT2D eigenvalue weighted by molar-refractivity contribution is 7.17. The molecule has 0 aromatic carbocycles. The van der Waals surface area contributed by atoms with E-state index in [1.807, 2.05) is 49.4 Å². The van der Waals surface area contributed by atoms with Gasteiger partial charge in [0.05, 0.1) is 15.4 Å². The van der Waals surface area contributed by atoms with E-state index in [1.54, 1.807) is 6.20 Å². The zero-order valence-electron chi connectivity index (χ0n) is 13.4. The molecular weight excluding hydrogens is 322 g/mol. The van der Waals surface area contributed by atoms with Crippen LogP contribution in [0.25, 0.3) is 10.6 Å². The monoisotopic (exact) mass is 339 g/mol. The lowest BCUT2D eigenvalue weighted by Crippen LogP contribution is -2.11. The molecule has 3 rings (SSSR count). The number of pyridine rings is 2. The molecule has 0 aliphatic carbocycles. The molecule has 0 saturated heterocycles. The minimum absolute atomic E-state index is 0.354. The zero-order valence-corrected chi connectivity index (χ0v) is 14.2. The number of oxime groups is 1. The molecule has 0 aliphatic heterocycles. The van der Waals surface area contributed by atoms with Crippen molar-refractivity contribution in [3.63, 3.8) is 0 Å². The van der Waals surface area contributed by atoms with Gasteiger partial charge in [-0.25, -0.2) is 9.97 Å². The van der Waals surface area contributed by atoms with Gasteiger partial charge in [0.2, 0.25) is 0 Å². The van der Waals surface area contributed by atoms with Gasteiger partial charge in [0.25, 0.3) is 0 Å². The maximum absolute atomic E-state index is 5.84. The maximum atomic E-state index is 5.84. The fraction of sp³-hybridized carbons (Fsp3) is 0.118. The van der Waals surface area contributed by atoms with Crippen molar-refractivity contribution in [2.24, 2.45) is 10.9 Å². The molecule has 3 aromatic rings. The van der Waals surface area contributed by atoms with Crippen molar-refractivity contribution in [2.75, 3.05) is 12.4 Å². The van der Waals surface area contributed by atoms with Crippen molar-refractivity contribution in [3.05, 3.63) is 59.1 Å². The molecule has 0 radical (unpaired) electrons. The van der Waals surface area contributed by atoms with Crippen LogP contribution < -0.4 is 11.1 Å². The Morgan fingerprint density at radius 1 is 1.21 bits per heavy atom. The predicted octanol–water partition coefficient (Wildman–Crippen LogP) is 3.52. The number of hydrogen-bond acceptors (Lipinski definition) is 6. The SMILES string of the molecule is CON=C(N)c1ccc(-c2cccc(Nc3cc(C)ccn3)n2)s1. The van der Waals surface area contributed by atoms with E-state index in [1.165, 1.54) is 18.4 Å². The smallest absolute Gasteiger partial charge is 0.180 e. The van der Waals surface area contributed by atoms with Gasteiger partial charge in [0.15, 0.2) is 5.84 Å². The summed E-state index contributed by atoms with van der Waals surface area (Å²) in [7, 11) is 1.47. The van der Waals surface area contributed by atoms with E-state index in [0.717, 1.165) is 32.6 Å². The van der Waals surface area contributed by atoms with E-state index in [-0.39, 0.29) is 0 Å². The standard InChI is InChI=1S/C17H17N5OS/c1-11-8-9-19-16(10-11)21-15-5-3-4-12(20-15)13-6-7-14(24-13)17(18)22-23-2/h3-10H,1-2H3,(H2,18,22)(H,19,20,21). The fourth-order valence-corrected chi connectivity index (χ4v) is 3.00. The molecule has 6 nitrogen and oxygen atoms in total. The van der Waals surface area contributed by atoms with Crippen LogP contribution >= 0.6 is 11.3 Å². The lowest BCUT2D eigenvalue weighted by Gasteiger charge is -2.06. The Morgan fingerprint density at radius 2 is 2.08 bits per heavy atom. The first-order valence-electron chi connectivity index (χ1n) is 7.29. The van der Waals surface area contributed by atoms with Crippen LogP contribution in [-0.2, 0) is 4.84 Å². The molecule has 3 aromatic heterocycles.